The van der Waals surface area contributed by atoms with Crippen LogP contribution in [-0.2, 0) is 6.42 Å². The number of nitrogens with two attached hydrogens (primary N) is 1. The van der Waals surface area contributed by atoms with Crippen LogP contribution in [0.25, 0.3) is 0 Å². The summed E-state index contributed by atoms with van der Waals surface area (Å²) in [7, 11) is 0. The first kappa shape index (κ1) is 12.2. The fourth-order valence-electron chi connectivity index (χ4n) is 1.55. The van der Waals surface area contributed by atoms with Crippen molar-refractivity contribution in [1.82, 2.24) is 20.8 Å². The first-order chi connectivity index (χ1) is 8.22. The van der Waals surface area contributed by atoms with Crippen molar-refractivity contribution in [2.45, 2.75) is 12.5 Å². The number of nitrogens with one attached hydrogen (secondary N) is 2. The van der Waals surface area contributed by atoms with Crippen LogP contribution in [-0.4, -0.2) is 15.4 Å². The van der Waals surface area contributed by atoms with E-state index in [1.54, 1.807) is 12.3 Å². The highest BCUT2D eigenvalue weighted by Gasteiger charge is 2.15. The molecule has 0 bridgehead atoms. The zero-order valence-electron chi connectivity index (χ0n) is 8.82. The molecule has 4 N–H and O–H groups in total. The fourth-order valence-corrected chi connectivity index (χ4v) is 1.98. The number of benzene rings is 1. The molecule has 1 atom stereocenters. The molecule has 0 saturated carbocycles. The van der Waals surface area contributed by atoms with E-state index in [9.17, 15) is 4.39 Å². The molecule has 0 aliphatic carbocycles. The molecule has 1 aromatic heterocycles. The smallest absolute Gasteiger partial charge is 0.137 e. The van der Waals surface area contributed by atoms with E-state index in [4.69, 9.17) is 5.84 Å². The van der Waals surface area contributed by atoms with E-state index in [2.05, 4.69) is 36.8 Å². The quantitative estimate of drug-likeness (QED) is 0.590. The number of nitrogens with zero attached hydrogens (tertiary/aromatic N) is 2. The third kappa shape index (κ3) is 2.68. The molecule has 17 heavy (non-hydrogen) atoms. The van der Waals surface area contributed by atoms with E-state index in [1.165, 1.54) is 6.07 Å². The second kappa shape index (κ2) is 5.35. The first-order valence-corrected chi connectivity index (χ1v) is 5.76. The first-order valence-electron chi connectivity index (χ1n) is 4.97. The molecule has 1 heterocycles. The van der Waals surface area contributed by atoms with Crippen LogP contribution < -0.4 is 11.3 Å². The van der Waals surface area contributed by atoms with Gasteiger partial charge in [-0.3, -0.25) is 11.3 Å². The Hall–Kier alpha value is -1.31. The molecule has 90 valence electrons. The fraction of sp³-hybridized carbons (Fsp3) is 0.200. The molecule has 0 aliphatic heterocycles. The van der Waals surface area contributed by atoms with Gasteiger partial charge in [-0.05, 0) is 34.0 Å². The van der Waals surface area contributed by atoms with Gasteiger partial charge in [0.05, 0.1) is 16.7 Å². The largest absolute Gasteiger partial charge is 0.271 e. The summed E-state index contributed by atoms with van der Waals surface area (Å²) in [5.41, 5.74) is 4.13. The summed E-state index contributed by atoms with van der Waals surface area (Å²) in [6.07, 6.45) is 2.10. The van der Waals surface area contributed by atoms with Crippen LogP contribution in [0.3, 0.4) is 0 Å². The van der Waals surface area contributed by atoms with Crippen molar-refractivity contribution in [1.29, 1.82) is 0 Å². The Bertz CT molecular complexity index is 487. The summed E-state index contributed by atoms with van der Waals surface area (Å²) in [4.78, 5) is 0. The lowest BCUT2D eigenvalue weighted by Gasteiger charge is -2.14. The predicted octanol–water partition coefficient (Wildman–Crippen LogP) is 1.45. The topological polar surface area (TPSA) is 79.6 Å². The third-order valence-electron chi connectivity index (χ3n) is 2.45. The van der Waals surface area contributed by atoms with Crippen LogP contribution in [0, 0.1) is 5.82 Å². The molecule has 2 rings (SSSR count). The van der Waals surface area contributed by atoms with Crippen LogP contribution in [0.15, 0.2) is 28.9 Å². The summed E-state index contributed by atoms with van der Waals surface area (Å²) >= 11 is 3.21. The van der Waals surface area contributed by atoms with Crippen molar-refractivity contribution in [3.05, 3.63) is 45.9 Å². The maximum Gasteiger partial charge on any atom is 0.137 e. The second-order valence-corrected chi connectivity index (χ2v) is 4.32. The van der Waals surface area contributed by atoms with Gasteiger partial charge in [-0.1, -0.05) is 12.1 Å². The third-order valence-corrected chi connectivity index (χ3v) is 3.34. The molecule has 0 radical (unpaired) electrons. The van der Waals surface area contributed by atoms with Gasteiger partial charge < -0.3 is 0 Å². The van der Waals surface area contributed by atoms with Crippen molar-refractivity contribution in [3.63, 3.8) is 0 Å². The van der Waals surface area contributed by atoms with Gasteiger partial charge in [-0.25, -0.2) is 4.39 Å². The number of hydrazine groups is 1. The Morgan fingerprint density at radius 1 is 1.53 bits per heavy atom. The average molecular weight is 300 g/mol. The Balaban J connectivity index is 2.22. The molecule has 0 amide bonds. The van der Waals surface area contributed by atoms with Crippen LogP contribution >= 0.6 is 15.9 Å². The number of hydrogen-bond acceptors (Lipinski definition) is 4. The maximum absolute atomic E-state index is 13.3. The molecule has 2 aromatic rings. The highest BCUT2D eigenvalue weighted by molar-refractivity contribution is 9.10. The molecule has 1 aromatic carbocycles. The zero-order valence-corrected chi connectivity index (χ0v) is 10.4. The van der Waals surface area contributed by atoms with Crippen LogP contribution in [0.2, 0.25) is 0 Å². The SMILES string of the molecule is NNC(Cc1cccc(F)c1Br)c1cn[nH]n1. The standard InChI is InChI=1S/C10H11BrFN5/c11-10-6(2-1-3-7(10)12)4-8(15-13)9-5-14-17-16-9/h1-3,5,8,15H,4,13H2,(H,14,16,17). The Labute approximate surface area is 106 Å². The van der Waals surface area contributed by atoms with Gasteiger partial charge in [0.25, 0.3) is 0 Å². The Morgan fingerprint density at radius 2 is 2.35 bits per heavy atom. The minimum atomic E-state index is -0.293. The highest BCUT2D eigenvalue weighted by atomic mass is 79.9. The molecule has 0 spiro atoms. The number of aromatic amines is 1. The normalized spacial score (nSPS) is 12.6. The number of hydrogen-bond donors (Lipinski definition) is 3. The van der Waals surface area contributed by atoms with Gasteiger partial charge >= 0.3 is 0 Å². The van der Waals surface area contributed by atoms with Crippen molar-refractivity contribution < 1.29 is 4.39 Å². The van der Waals surface area contributed by atoms with E-state index < -0.39 is 0 Å². The predicted molar refractivity (Wildman–Crippen MR) is 64.3 cm³/mol. The van der Waals surface area contributed by atoms with Crippen molar-refractivity contribution >= 4 is 15.9 Å². The summed E-state index contributed by atoms with van der Waals surface area (Å²) < 4.78 is 13.8. The lowest BCUT2D eigenvalue weighted by atomic mass is 10.0. The van der Waals surface area contributed by atoms with Gasteiger partial charge in [0, 0.05) is 0 Å². The summed E-state index contributed by atoms with van der Waals surface area (Å²) in [6, 6.07) is 4.67. The van der Waals surface area contributed by atoms with E-state index >= 15 is 0 Å². The van der Waals surface area contributed by atoms with Crippen molar-refractivity contribution in [2.24, 2.45) is 5.84 Å². The summed E-state index contributed by atoms with van der Waals surface area (Å²) in [5, 5.41) is 10.2. The Morgan fingerprint density at radius 3 is 3.00 bits per heavy atom. The summed E-state index contributed by atoms with van der Waals surface area (Å²) in [5.74, 6) is 5.17. The highest BCUT2D eigenvalue weighted by Crippen LogP contribution is 2.24. The van der Waals surface area contributed by atoms with Crippen LogP contribution in [0.5, 0.6) is 0 Å². The molecule has 0 saturated heterocycles. The molecule has 5 nitrogen and oxygen atoms in total. The average Bonchev–Trinajstić information content (AvgIpc) is 2.85. The molecule has 1 unspecified atom stereocenters. The lowest BCUT2D eigenvalue weighted by molar-refractivity contribution is 0.533. The van der Waals surface area contributed by atoms with Gasteiger partial charge in [-0.15, -0.1) is 0 Å². The molecule has 7 heteroatoms. The number of H-pyrrole nitrogens is 1. The van der Waals surface area contributed by atoms with E-state index in [1.807, 2.05) is 6.07 Å². The van der Waals surface area contributed by atoms with Gasteiger partial charge in [0.2, 0.25) is 0 Å². The molecule has 0 fully saturated rings. The van der Waals surface area contributed by atoms with Crippen molar-refractivity contribution in [2.75, 3.05) is 0 Å². The maximum atomic E-state index is 13.3. The van der Waals surface area contributed by atoms with E-state index in [0.29, 0.717) is 16.6 Å². The van der Waals surface area contributed by atoms with Gasteiger partial charge in [-0.2, -0.15) is 15.4 Å². The van der Waals surface area contributed by atoms with Gasteiger partial charge in [0.1, 0.15) is 11.5 Å². The minimum Gasteiger partial charge on any atom is -0.271 e. The molecular weight excluding hydrogens is 289 g/mol. The monoisotopic (exact) mass is 299 g/mol. The number of aromatic nitrogens is 3. The summed E-state index contributed by atoms with van der Waals surface area (Å²) in [6.45, 7) is 0. The molecular formula is C10H11BrFN5. The van der Waals surface area contributed by atoms with Gasteiger partial charge in [0.15, 0.2) is 0 Å². The number of rotatable bonds is 4. The number of halogens is 2. The van der Waals surface area contributed by atoms with E-state index in [-0.39, 0.29) is 11.9 Å². The van der Waals surface area contributed by atoms with Crippen LogP contribution in [0.1, 0.15) is 17.3 Å². The minimum absolute atomic E-state index is 0.216. The van der Waals surface area contributed by atoms with E-state index in [0.717, 1.165) is 5.56 Å². The van der Waals surface area contributed by atoms with Crippen molar-refractivity contribution in [3.8, 4) is 0 Å². The zero-order chi connectivity index (χ0) is 12.3. The lowest BCUT2D eigenvalue weighted by Crippen LogP contribution is -2.30. The van der Waals surface area contributed by atoms with Crippen LogP contribution in [0.4, 0.5) is 4.39 Å². The Kier molecular flexibility index (Phi) is 3.82. The second-order valence-electron chi connectivity index (χ2n) is 3.53. The molecule has 0 aliphatic rings.